The van der Waals surface area contributed by atoms with Crippen molar-refractivity contribution in [1.82, 2.24) is 14.9 Å². The highest BCUT2D eigenvalue weighted by atomic mass is 32.2. The highest BCUT2D eigenvalue weighted by Gasteiger charge is 2.20. The van der Waals surface area contributed by atoms with Crippen molar-refractivity contribution in [2.75, 3.05) is 32.1 Å². The quantitative estimate of drug-likeness (QED) is 0.186. The molecule has 0 atom stereocenters. The fourth-order valence-electron chi connectivity index (χ4n) is 4.36. The molecule has 0 aliphatic carbocycles. The van der Waals surface area contributed by atoms with Crippen molar-refractivity contribution in [3.63, 3.8) is 0 Å². The molecule has 42 heavy (non-hydrogen) atoms. The number of hydrogen-bond acceptors (Lipinski definition) is 9. The SMILES string of the molecule is COc1ccc(CNC(=O)CCCn2c(SCC(=O)Nc3cccc(OC)c3)nc3cc4c(cc3c2=O)OCO4)cc1. The summed E-state index contributed by atoms with van der Waals surface area (Å²) in [7, 11) is 3.15. The number of nitrogens with zero attached hydrogens (tertiary/aromatic N) is 2. The lowest BCUT2D eigenvalue weighted by Gasteiger charge is -2.14. The zero-order valence-electron chi connectivity index (χ0n) is 23.2. The molecule has 0 spiro atoms. The monoisotopic (exact) mass is 590 g/mol. The van der Waals surface area contributed by atoms with Crippen LogP contribution in [-0.2, 0) is 22.7 Å². The Balaban J connectivity index is 1.27. The van der Waals surface area contributed by atoms with E-state index in [2.05, 4.69) is 15.6 Å². The van der Waals surface area contributed by atoms with Gasteiger partial charge in [0, 0.05) is 37.3 Å². The predicted octanol–water partition coefficient (Wildman–Crippen LogP) is 3.97. The number of amides is 2. The van der Waals surface area contributed by atoms with E-state index >= 15 is 0 Å². The largest absolute Gasteiger partial charge is 0.497 e. The summed E-state index contributed by atoms with van der Waals surface area (Å²) in [4.78, 5) is 43.5. The predicted molar refractivity (Wildman–Crippen MR) is 159 cm³/mol. The summed E-state index contributed by atoms with van der Waals surface area (Å²) in [6.07, 6.45) is 0.609. The fourth-order valence-corrected chi connectivity index (χ4v) is 5.18. The van der Waals surface area contributed by atoms with Gasteiger partial charge in [0.25, 0.3) is 5.56 Å². The van der Waals surface area contributed by atoms with Crippen LogP contribution in [0, 0.1) is 0 Å². The molecular weight excluding hydrogens is 560 g/mol. The number of nitrogens with one attached hydrogen (secondary N) is 2. The van der Waals surface area contributed by atoms with Gasteiger partial charge in [0.1, 0.15) is 11.5 Å². The van der Waals surface area contributed by atoms with Crippen LogP contribution in [0.2, 0.25) is 0 Å². The first-order valence-electron chi connectivity index (χ1n) is 13.2. The number of fused-ring (bicyclic) bond motifs is 2. The normalized spacial score (nSPS) is 11.8. The van der Waals surface area contributed by atoms with Crippen LogP contribution in [0.5, 0.6) is 23.0 Å². The minimum atomic E-state index is -0.285. The number of hydrogen-bond donors (Lipinski definition) is 2. The summed E-state index contributed by atoms with van der Waals surface area (Å²) >= 11 is 1.14. The molecule has 11 nitrogen and oxygen atoms in total. The Kier molecular flexibility index (Phi) is 9.12. The maximum atomic E-state index is 13.6. The molecule has 3 aromatic carbocycles. The van der Waals surface area contributed by atoms with Crippen molar-refractivity contribution in [3.8, 4) is 23.0 Å². The third-order valence-electron chi connectivity index (χ3n) is 6.53. The van der Waals surface area contributed by atoms with E-state index in [9.17, 15) is 14.4 Å². The summed E-state index contributed by atoms with van der Waals surface area (Å²) in [6.45, 7) is 0.695. The van der Waals surface area contributed by atoms with E-state index in [-0.39, 0.29) is 42.9 Å². The maximum Gasteiger partial charge on any atom is 0.262 e. The van der Waals surface area contributed by atoms with Gasteiger partial charge < -0.3 is 29.6 Å². The van der Waals surface area contributed by atoms with E-state index < -0.39 is 0 Å². The fraction of sp³-hybridized carbons (Fsp3) is 0.267. The summed E-state index contributed by atoms with van der Waals surface area (Å²) in [6, 6.07) is 17.8. The molecule has 2 N–H and O–H groups in total. The van der Waals surface area contributed by atoms with Crippen LogP contribution < -0.4 is 35.1 Å². The number of carbonyl (C=O) groups is 2. The third-order valence-corrected chi connectivity index (χ3v) is 7.51. The van der Waals surface area contributed by atoms with Gasteiger partial charge in [-0.3, -0.25) is 19.0 Å². The van der Waals surface area contributed by atoms with Gasteiger partial charge >= 0.3 is 0 Å². The summed E-state index contributed by atoms with van der Waals surface area (Å²) in [5.41, 5.74) is 1.70. The molecule has 0 radical (unpaired) electrons. The Hall–Kier alpha value is -4.71. The lowest BCUT2D eigenvalue weighted by molar-refractivity contribution is -0.121. The highest BCUT2D eigenvalue weighted by molar-refractivity contribution is 7.99. The molecule has 1 aliphatic rings. The van der Waals surface area contributed by atoms with Crippen molar-refractivity contribution in [2.24, 2.45) is 0 Å². The molecule has 5 rings (SSSR count). The third kappa shape index (κ3) is 6.95. The number of ether oxygens (including phenoxy) is 4. The van der Waals surface area contributed by atoms with Crippen LogP contribution in [0.1, 0.15) is 18.4 Å². The first-order valence-corrected chi connectivity index (χ1v) is 14.2. The van der Waals surface area contributed by atoms with Crippen LogP contribution in [0.3, 0.4) is 0 Å². The van der Waals surface area contributed by atoms with E-state index in [1.165, 1.54) is 4.57 Å². The van der Waals surface area contributed by atoms with Crippen LogP contribution in [-0.4, -0.2) is 48.1 Å². The lowest BCUT2D eigenvalue weighted by Crippen LogP contribution is -2.26. The Morgan fingerprint density at radius 3 is 2.50 bits per heavy atom. The second-order valence-corrected chi connectivity index (χ2v) is 10.3. The van der Waals surface area contributed by atoms with Crippen LogP contribution >= 0.6 is 11.8 Å². The number of anilines is 1. The lowest BCUT2D eigenvalue weighted by atomic mass is 10.2. The zero-order valence-corrected chi connectivity index (χ0v) is 24.0. The van der Waals surface area contributed by atoms with Gasteiger partial charge in [-0.1, -0.05) is 30.0 Å². The molecule has 4 aromatic rings. The Labute approximate surface area is 246 Å². The molecule has 2 heterocycles. The minimum Gasteiger partial charge on any atom is -0.497 e. The number of carbonyl (C=O) groups excluding carboxylic acids is 2. The molecule has 1 aromatic heterocycles. The van der Waals surface area contributed by atoms with Gasteiger partial charge in [-0.05, 0) is 42.3 Å². The average molecular weight is 591 g/mol. The topological polar surface area (TPSA) is 130 Å². The first-order chi connectivity index (χ1) is 20.4. The summed E-state index contributed by atoms with van der Waals surface area (Å²) < 4.78 is 22.8. The first kappa shape index (κ1) is 28.8. The molecule has 12 heteroatoms. The van der Waals surface area contributed by atoms with Gasteiger partial charge in [0.15, 0.2) is 16.7 Å². The average Bonchev–Trinajstić information content (AvgIpc) is 3.47. The molecule has 1 aliphatic heterocycles. The molecule has 0 saturated heterocycles. The number of thioether (sulfide) groups is 1. The van der Waals surface area contributed by atoms with E-state index in [1.54, 1.807) is 50.6 Å². The second-order valence-electron chi connectivity index (χ2n) is 9.37. The van der Waals surface area contributed by atoms with Crippen LogP contribution in [0.15, 0.2) is 70.6 Å². The standard InChI is InChI=1S/C30H30N4O7S/c1-38-21-10-8-19(9-11-21)16-31-27(35)7-4-12-34-29(37)23-14-25-26(41-18-40-25)15-24(23)33-30(34)42-17-28(36)32-20-5-3-6-22(13-20)39-2/h3,5-6,8-11,13-15H,4,7,12,16-18H2,1-2H3,(H,31,35)(H,32,36). The van der Waals surface area contributed by atoms with E-state index in [4.69, 9.17) is 18.9 Å². The Bertz CT molecular complexity index is 1660. The number of methoxy groups -OCH3 is 2. The van der Waals surface area contributed by atoms with E-state index in [0.29, 0.717) is 52.0 Å². The van der Waals surface area contributed by atoms with E-state index in [1.807, 2.05) is 24.3 Å². The van der Waals surface area contributed by atoms with Gasteiger partial charge in [0.2, 0.25) is 18.6 Å². The Morgan fingerprint density at radius 2 is 1.74 bits per heavy atom. The van der Waals surface area contributed by atoms with Gasteiger partial charge in [-0.25, -0.2) is 4.98 Å². The van der Waals surface area contributed by atoms with Crippen molar-refractivity contribution in [2.45, 2.75) is 31.1 Å². The molecular formula is C30H30N4O7S. The maximum absolute atomic E-state index is 13.6. The minimum absolute atomic E-state index is 0.0159. The second kappa shape index (κ2) is 13.3. The number of benzene rings is 3. The molecule has 0 fully saturated rings. The van der Waals surface area contributed by atoms with Crippen LogP contribution in [0.4, 0.5) is 5.69 Å². The van der Waals surface area contributed by atoms with Crippen molar-refractivity contribution in [1.29, 1.82) is 0 Å². The number of aromatic nitrogens is 2. The van der Waals surface area contributed by atoms with Crippen molar-refractivity contribution < 1.29 is 28.5 Å². The summed E-state index contributed by atoms with van der Waals surface area (Å²) in [5.74, 6) is 1.96. The van der Waals surface area contributed by atoms with Gasteiger partial charge in [-0.2, -0.15) is 0 Å². The molecule has 218 valence electrons. The molecule has 2 amide bonds. The smallest absolute Gasteiger partial charge is 0.262 e. The molecule has 0 bridgehead atoms. The van der Waals surface area contributed by atoms with Crippen LogP contribution in [0.25, 0.3) is 10.9 Å². The zero-order chi connectivity index (χ0) is 29.5. The van der Waals surface area contributed by atoms with Crippen molar-refractivity contribution >= 4 is 40.2 Å². The molecule has 0 unspecified atom stereocenters. The molecule has 0 saturated carbocycles. The van der Waals surface area contributed by atoms with Gasteiger partial charge in [-0.15, -0.1) is 0 Å². The number of rotatable bonds is 12. The van der Waals surface area contributed by atoms with E-state index in [0.717, 1.165) is 23.1 Å². The Morgan fingerprint density at radius 1 is 0.976 bits per heavy atom. The van der Waals surface area contributed by atoms with Crippen molar-refractivity contribution in [3.05, 3.63) is 76.6 Å². The van der Waals surface area contributed by atoms with Gasteiger partial charge in [0.05, 0.1) is 30.9 Å². The summed E-state index contributed by atoms with van der Waals surface area (Å²) in [5, 5.41) is 6.47. The highest BCUT2D eigenvalue weighted by Crippen LogP contribution is 2.35.